The number of aliphatic hydroxyl groups excluding tert-OH is 1. The number of piperidine rings is 1. The number of nitrogens with zero attached hydrogens (tertiary/aromatic N) is 2. The van der Waals surface area contributed by atoms with Gasteiger partial charge in [-0.25, -0.2) is 0 Å². The van der Waals surface area contributed by atoms with Crippen molar-refractivity contribution in [2.75, 3.05) is 30.4 Å². The molecule has 2 atom stereocenters. The number of anilines is 2. The first-order chi connectivity index (χ1) is 9.04. The van der Waals surface area contributed by atoms with Gasteiger partial charge in [-0.2, -0.15) is 0 Å². The number of aliphatic hydroxyl groups is 1. The molecule has 1 aliphatic rings. The van der Waals surface area contributed by atoms with Crippen LogP contribution in [-0.4, -0.2) is 36.3 Å². The smallest absolute Gasteiger partial charge is 0.315 e. The Kier molecular flexibility index (Phi) is 3.90. The van der Waals surface area contributed by atoms with Crippen molar-refractivity contribution in [3.05, 3.63) is 28.3 Å². The summed E-state index contributed by atoms with van der Waals surface area (Å²) in [6.45, 7) is 3.24. The largest absolute Gasteiger partial charge is 0.393 e. The van der Waals surface area contributed by atoms with Crippen LogP contribution in [0.3, 0.4) is 0 Å². The van der Waals surface area contributed by atoms with E-state index >= 15 is 0 Å². The van der Waals surface area contributed by atoms with E-state index in [1.165, 1.54) is 0 Å². The molecule has 1 fully saturated rings. The summed E-state index contributed by atoms with van der Waals surface area (Å²) in [6, 6.07) is 5.27. The van der Waals surface area contributed by atoms with Gasteiger partial charge in [-0.05, 0) is 24.5 Å². The fraction of sp³-hybridized carbons (Fsp3) is 0.538. The Morgan fingerprint density at radius 2 is 2.26 bits per heavy atom. The Labute approximate surface area is 112 Å². The van der Waals surface area contributed by atoms with Crippen LogP contribution in [0.25, 0.3) is 0 Å². The van der Waals surface area contributed by atoms with Crippen LogP contribution < -0.4 is 10.2 Å². The maximum atomic E-state index is 11.3. The Balaban J connectivity index is 2.37. The van der Waals surface area contributed by atoms with Crippen molar-refractivity contribution in [1.29, 1.82) is 0 Å². The zero-order valence-electron chi connectivity index (χ0n) is 11.2. The number of nitro benzene ring substituents is 1. The van der Waals surface area contributed by atoms with Gasteiger partial charge in [-0.15, -0.1) is 0 Å². The minimum absolute atomic E-state index is 0.105. The van der Waals surface area contributed by atoms with E-state index < -0.39 is 0 Å². The monoisotopic (exact) mass is 265 g/mol. The number of rotatable bonds is 3. The predicted octanol–water partition coefficient (Wildman–Crippen LogP) is 1.84. The molecule has 0 aromatic heterocycles. The second-order valence-corrected chi connectivity index (χ2v) is 4.96. The zero-order valence-corrected chi connectivity index (χ0v) is 11.2. The Bertz CT molecular complexity index is 478. The van der Waals surface area contributed by atoms with Gasteiger partial charge >= 0.3 is 5.69 Å². The topological polar surface area (TPSA) is 78.6 Å². The average molecular weight is 265 g/mol. The summed E-state index contributed by atoms with van der Waals surface area (Å²) in [6.07, 6.45) is 0.324. The molecular formula is C13H19N3O3. The highest BCUT2D eigenvalue weighted by atomic mass is 16.6. The molecule has 1 saturated heterocycles. The number of para-hydroxylation sites is 1. The van der Waals surface area contributed by atoms with E-state index in [4.69, 9.17) is 0 Å². The molecule has 1 heterocycles. The van der Waals surface area contributed by atoms with E-state index in [9.17, 15) is 15.2 Å². The van der Waals surface area contributed by atoms with Gasteiger partial charge in [0.2, 0.25) is 0 Å². The summed E-state index contributed by atoms with van der Waals surface area (Å²) in [5.74, 6) is 0.117. The van der Waals surface area contributed by atoms with E-state index in [0.717, 1.165) is 0 Å². The lowest BCUT2D eigenvalue weighted by molar-refractivity contribution is -0.383. The summed E-state index contributed by atoms with van der Waals surface area (Å²) in [7, 11) is 1.68. The van der Waals surface area contributed by atoms with Gasteiger partial charge in [-0.3, -0.25) is 10.1 Å². The van der Waals surface area contributed by atoms with E-state index in [2.05, 4.69) is 5.32 Å². The van der Waals surface area contributed by atoms with Crippen molar-refractivity contribution in [1.82, 2.24) is 0 Å². The number of nitro groups is 1. The molecule has 0 amide bonds. The van der Waals surface area contributed by atoms with E-state index in [1.54, 1.807) is 19.2 Å². The normalized spacial score (nSPS) is 23.2. The lowest BCUT2D eigenvalue weighted by atomic mass is 9.96. The summed E-state index contributed by atoms with van der Waals surface area (Å²) >= 11 is 0. The summed E-state index contributed by atoms with van der Waals surface area (Å²) in [5, 5.41) is 23.9. The molecule has 2 N–H and O–H groups in total. The Morgan fingerprint density at radius 1 is 1.53 bits per heavy atom. The van der Waals surface area contributed by atoms with Crippen molar-refractivity contribution in [2.45, 2.75) is 19.4 Å². The highest BCUT2D eigenvalue weighted by molar-refractivity contribution is 5.77. The first-order valence-electron chi connectivity index (χ1n) is 6.42. The number of hydrogen-bond acceptors (Lipinski definition) is 5. The lowest BCUT2D eigenvalue weighted by Crippen LogP contribution is -2.42. The molecule has 0 saturated carbocycles. The third-order valence-corrected chi connectivity index (χ3v) is 3.67. The minimum atomic E-state index is -0.350. The summed E-state index contributed by atoms with van der Waals surface area (Å²) in [4.78, 5) is 12.9. The van der Waals surface area contributed by atoms with Crippen LogP contribution in [0.4, 0.5) is 17.1 Å². The second kappa shape index (κ2) is 5.44. The molecule has 2 rings (SSSR count). The van der Waals surface area contributed by atoms with Crippen LogP contribution >= 0.6 is 0 Å². The molecule has 0 bridgehead atoms. The van der Waals surface area contributed by atoms with Crippen molar-refractivity contribution in [3.8, 4) is 0 Å². The fourth-order valence-corrected chi connectivity index (χ4v) is 2.53. The van der Waals surface area contributed by atoms with Gasteiger partial charge in [0.15, 0.2) is 0 Å². The van der Waals surface area contributed by atoms with Gasteiger partial charge in [0.05, 0.1) is 11.0 Å². The summed E-state index contributed by atoms with van der Waals surface area (Å²) < 4.78 is 0. The molecule has 0 aliphatic carbocycles. The molecule has 0 radical (unpaired) electrons. The van der Waals surface area contributed by atoms with Gasteiger partial charge in [-0.1, -0.05) is 13.0 Å². The number of hydrogen-bond donors (Lipinski definition) is 2. The highest BCUT2D eigenvalue weighted by Gasteiger charge is 2.29. The molecule has 6 nitrogen and oxygen atoms in total. The molecule has 1 aromatic carbocycles. The average Bonchev–Trinajstić information content (AvgIpc) is 2.40. The first kappa shape index (κ1) is 13.6. The van der Waals surface area contributed by atoms with E-state index in [1.807, 2.05) is 17.9 Å². The van der Waals surface area contributed by atoms with Crippen LogP contribution in [0.1, 0.15) is 13.3 Å². The lowest BCUT2D eigenvalue weighted by Gasteiger charge is -2.35. The molecule has 104 valence electrons. The predicted molar refractivity (Wildman–Crippen MR) is 74.6 cm³/mol. The number of benzene rings is 1. The molecular weight excluding hydrogens is 246 g/mol. The van der Waals surface area contributed by atoms with Gasteiger partial charge in [0, 0.05) is 20.1 Å². The van der Waals surface area contributed by atoms with Crippen molar-refractivity contribution >= 4 is 17.1 Å². The quantitative estimate of drug-likeness (QED) is 0.644. The third kappa shape index (κ3) is 2.63. The van der Waals surface area contributed by atoms with Crippen LogP contribution in [0.15, 0.2) is 18.2 Å². The highest BCUT2D eigenvalue weighted by Crippen LogP contribution is 2.37. The van der Waals surface area contributed by atoms with E-state index in [-0.39, 0.29) is 22.6 Å². The van der Waals surface area contributed by atoms with Crippen molar-refractivity contribution < 1.29 is 10.0 Å². The van der Waals surface area contributed by atoms with Crippen molar-refractivity contribution in [2.24, 2.45) is 5.92 Å². The maximum Gasteiger partial charge on any atom is 0.315 e. The van der Waals surface area contributed by atoms with Crippen molar-refractivity contribution in [3.63, 3.8) is 0 Å². The van der Waals surface area contributed by atoms with Gasteiger partial charge in [0.25, 0.3) is 0 Å². The molecule has 19 heavy (non-hydrogen) atoms. The van der Waals surface area contributed by atoms with Gasteiger partial charge in [0.1, 0.15) is 11.4 Å². The fourth-order valence-electron chi connectivity index (χ4n) is 2.53. The molecule has 1 aromatic rings. The Hall–Kier alpha value is -1.82. The molecule has 1 aliphatic heterocycles. The standard InChI is InChI=1S/C13H19N3O3/c1-9-8-15(7-6-12(9)17)11-5-3-4-10(14-2)13(11)16(18)19/h3-5,9,12,14,17H,6-8H2,1-2H3. The van der Waals surface area contributed by atoms with Crippen LogP contribution in [0.2, 0.25) is 0 Å². The molecule has 6 heteroatoms. The zero-order chi connectivity index (χ0) is 14.0. The molecule has 2 unspecified atom stereocenters. The maximum absolute atomic E-state index is 11.3. The van der Waals surface area contributed by atoms with Crippen LogP contribution in [0, 0.1) is 16.0 Å². The first-order valence-corrected chi connectivity index (χ1v) is 6.42. The van der Waals surface area contributed by atoms with Gasteiger partial charge < -0.3 is 15.3 Å². The summed E-state index contributed by atoms with van der Waals surface area (Å²) in [5.41, 5.74) is 1.24. The molecule has 0 spiro atoms. The minimum Gasteiger partial charge on any atom is -0.393 e. The van der Waals surface area contributed by atoms with Crippen LogP contribution in [0.5, 0.6) is 0 Å². The third-order valence-electron chi connectivity index (χ3n) is 3.67. The second-order valence-electron chi connectivity index (χ2n) is 4.96. The SMILES string of the molecule is CNc1cccc(N2CCC(O)C(C)C2)c1[N+](=O)[O-]. The van der Waals surface area contributed by atoms with E-state index in [0.29, 0.717) is 30.9 Å². The Morgan fingerprint density at radius 3 is 2.84 bits per heavy atom. The van der Waals surface area contributed by atoms with Crippen LogP contribution in [-0.2, 0) is 0 Å². The number of nitrogens with one attached hydrogen (secondary N) is 1.